The van der Waals surface area contributed by atoms with Crippen LogP contribution in [0, 0.1) is 0 Å². The summed E-state index contributed by atoms with van der Waals surface area (Å²) in [6.07, 6.45) is -17.4. The van der Waals surface area contributed by atoms with Crippen LogP contribution in [0.25, 0.3) is 0 Å². The van der Waals surface area contributed by atoms with Gasteiger partial charge >= 0.3 is 71.6 Å². The van der Waals surface area contributed by atoms with Gasteiger partial charge in [0.1, 0.15) is 12.0 Å². The Kier molecular flexibility index (Phi) is 9.52. The van der Waals surface area contributed by atoms with Crippen molar-refractivity contribution in [2.75, 3.05) is 0 Å². The third-order valence-electron chi connectivity index (χ3n) is 5.81. The minimum absolute atomic E-state index is 1.40. The summed E-state index contributed by atoms with van der Waals surface area (Å²) in [5.74, 6) is -89.1. The Morgan fingerprint density at radius 3 is 0.787 bits per heavy atom. The van der Waals surface area contributed by atoms with Crippen molar-refractivity contribution >= 4 is 6.29 Å². The number of aldehydes is 1. The van der Waals surface area contributed by atoms with Crippen LogP contribution in [0.4, 0.5) is 114 Å². The first-order valence-corrected chi connectivity index (χ1v) is 10.3. The molecule has 0 radical (unpaired) electrons. The van der Waals surface area contributed by atoms with Crippen LogP contribution in [0.1, 0.15) is 21.5 Å². The molecule has 0 bridgehead atoms. The van der Waals surface area contributed by atoms with Gasteiger partial charge in [-0.3, -0.25) is 4.79 Å². The molecular formula is C19H4F26O2. The van der Waals surface area contributed by atoms with Crippen LogP contribution in [0.15, 0.2) is 12.1 Å². The Labute approximate surface area is 237 Å². The fraction of sp³-hybridized carbons (Fsp3) is 0.632. The summed E-state index contributed by atoms with van der Waals surface area (Å²) < 4.78 is 349. The van der Waals surface area contributed by atoms with Crippen molar-refractivity contribution < 1.29 is 124 Å². The summed E-state index contributed by atoms with van der Waals surface area (Å²) >= 11 is 0. The lowest BCUT2D eigenvalue weighted by atomic mass is 9.85. The number of phenolic OH excluding ortho intramolecular Hbond substituents is 1. The molecule has 0 heterocycles. The van der Waals surface area contributed by atoms with Crippen molar-refractivity contribution in [3.8, 4) is 5.75 Å². The predicted molar refractivity (Wildman–Crippen MR) is 93.0 cm³/mol. The highest BCUT2D eigenvalue weighted by Crippen LogP contribution is 2.65. The van der Waals surface area contributed by atoms with Crippen LogP contribution < -0.4 is 0 Å². The van der Waals surface area contributed by atoms with Crippen LogP contribution in [0.2, 0.25) is 0 Å². The molecule has 2 nitrogen and oxygen atoms in total. The Bertz CT molecular complexity index is 1250. The van der Waals surface area contributed by atoms with E-state index in [1.54, 1.807) is 0 Å². The van der Waals surface area contributed by atoms with Crippen molar-refractivity contribution in [3.05, 3.63) is 28.8 Å². The van der Waals surface area contributed by atoms with Gasteiger partial charge in [-0.05, 0) is 12.1 Å². The molecule has 0 aliphatic carbocycles. The van der Waals surface area contributed by atoms with Crippen LogP contribution in [-0.2, 0) is 11.8 Å². The quantitative estimate of drug-likeness (QED) is 0.181. The van der Waals surface area contributed by atoms with E-state index in [4.69, 9.17) is 0 Å². The summed E-state index contributed by atoms with van der Waals surface area (Å²) in [5.41, 5.74) is -10.8. The maximum Gasteiger partial charge on any atom is 0.460 e. The van der Waals surface area contributed by atoms with E-state index in [1.165, 1.54) is 0 Å². The average Bonchev–Trinajstić information content (AvgIpc) is 2.86. The van der Waals surface area contributed by atoms with E-state index in [-0.39, 0.29) is 0 Å². The van der Waals surface area contributed by atoms with Crippen LogP contribution in [-0.4, -0.2) is 71.1 Å². The molecule has 0 saturated heterocycles. The molecule has 1 aromatic carbocycles. The van der Waals surface area contributed by atoms with Gasteiger partial charge in [-0.15, -0.1) is 0 Å². The lowest BCUT2D eigenvalue weighted by molar-refractivity contribution is -0.442. The molecule has 0 aliphatic rings. The van der Waals surface area contributed by atoms with Crippen molar-refractivity contribution in [2.24, 2.45) is 0 Å². The van der Waals surface area contributed by atoms with Crippen LogP contribution in [0.3, 0.4) is 0 Å². The summed E-state index contributed by atoms with van der Waals surface area (Å²) in [6, 6.07) is -2.87. The zero-order valence-corrected chi connectivity index (χ0v) is 20.4. The van der Waals surface area contributed by atoms with Gasteiger partial charge in [0.25, 0.3) is 0 Å². The first-order chi connectivity index (χ1) is 20.1. The molecule has 0 fully saturated rings. The van der Waals surface area contributed by atoms with Gasteiger partial charge in [-0.25, -0.2) is 0 Å². The fourth-order valence-corrected chi connectivity index (χ4v) is 3.08. The number of phenols is 1. The fourth-order valence-electron chi connectivity index (χ4n) is 3.08. The second-order valence-corrected chi connectivity index (χ2v) is 8.82. The number of hydrogen-bond donors (Lipinski definition) is 1. The van der Waals surface area contributed by atoms with Crippen LogP contribution in [0.5, 0.6) is 5.75 Å². The standard InChI is InChI=1S/C19H4F26O2/c20-8(21,10(24,25)12(28,29)14(32,33)16(36,37)18(40,41)42)5-1-4(3-46)2-6(7(5)47)9(22,23)11(26,27)13(30,31)15(34,35)17(38,39)19(43,44)45/h1-3,47H. The lowest BCUT2D eigenvalue weighted by Gasteiger charge is -2.41. The summed E-state index contributed by atoms with van der Waals surface area (Å²) in [4.78, 5) is 10.8. The molecule has 274 valence electrons. The topological polar surface area (TPSA) is 37.3 Å². The van der Waals surface area contributed by atoms with Gasteiger partial charge in [-0.1, -0.05) is 0 Å². The minimum Gasteiger partial charge on any atom is -0.507 e. The Morgan fingerprint density at radius 1 is 0.383 bits per heavy atom. The molecule has 0 unspecified atom stereocenters. The van der Waals surface area contributed by atoms with E-state index in [2.05, 4.69) is 0 Å². The number of benzene rings is 1. The summed E-state index contributed by atoms with van der Waals surface area (Å²) in [7, 11) is 0. The molecule has 0 amide bonds. The normalized spacial score (nSPS) is 16.0. The van der Waals surface area contributed by atoms with Gasteiger partial charge in [0.05, 0.1) is 11.1 Å². The summed E-state index contributed by atoms with van der Waals surface area (Å²) in [5, 5.41) is 9.46. The maximum absolute atomic E-state index is 14.5. The second kappa shape index (κ2) is 10.7. The smallest absolute Gasteiger partial charge is 0.460 e. The second-order valence-electron chi connectivity index (χ2n) is 8.82. The van der Waals surface area contributed by atoms with Crippen molar-refractivity contribution in [3.63, 3.8) is 0 Å². The molecule has 1 N–H and O–H groups in total. The zero-order chi connectivity index (χ0) is 38.4. The highest BCUT2D eigenvalue weighted by atomic mass is 19.4. The van der Waals surface area contributed by atoms with Crippen molar-refractivity contribution in [1.29, 1.82) is 0 Å². The minimum atomic E-state index is -8.81. The van der Waals surface area contributed by atoms with Crippen molar-refractivity contribution in [1.82, 2.24) is 0 Å². The van der Waals surface area contributed by atoms with Crippen LogP contribution >= 0.6 is 0 Å². The number of rotatable bonds is 11. The van der Waals surface area contributed by atoms with E-state index >= 15 is 0 Å². The molecule has 0 aliphatic heterocycles. The van der Waals surface area contributed by atoms with Gasteiger partial charge in [-0.2, -0.15) is 114 Å². The SMILES string of the molecule is O=Cc1cc(C(F)(F)C(F)(F)C(F)(F)C(F)(F)C(F)(F)C(F)(F)F)c(O)c(C(F)(F)C(F)(F)C(F)(F)C(F)(F)C(F)(F)C(F)(F)F)c1. The number of alkyl halides is 26. The lowest BCUT2D eigenvalue weighted by Crippen LogP contribution is -2.69. The number of aromatic hydroxyl groups is 1. The average molecular weight is 758 g/mol. The number of halogens is 26. The van der Waals surface area contributed by atoms with Gasteiger partial charge in [0.2, 0.25) is 0 Å². The first kappa shape index (κ1) is 41.9. The number of carbonyl (C=O) groups is 1. The highest BCUT2D eigenvalue weighted by Gasteiger charge is 2.92. The molecule has 1 aromatic rings. The van der Waals surface area contributed by atoms with E-state index in [0.717, 1.165) is 0 Å². The van der Waals surface area contributed by atoms with E-state index in [9.17, 15) is 124 Å². The monoisotopic (exact) mass is 758 g/mol. The third-order valence-corrected chi connectivity index (χ3v) is 5.81. The largest absolute Gasteiger partial charge is 0.507 e. The molecule has 47 heavy (non-hydrogen) atoms. The Balaban J connectivity index is 4.19. The highest BCUT2D eigenvalue weighted by molar-refractivity contribution is 5.77. The van der Waals surface area contributed by atoms with Gasteiger partial charge in [0.15, 0.2) is 0 Å². The molecule has 0 saturated carbocycles. The maximum atomic E-state index is 14.5. The van der Waals surface area contributed by atoms with Gasteiger partial charge in [0, 0.05) is 5.56 Å². The van der Waals surface area contributed by atoms with E-state index in [1.807, 2.05) is 0 Å². The zero-order valence-electron chi connectivity index (χ0n) is 20.4. The third kappa shape index (κ3) is 5.24. The molecule has 1 rings (SSSR count). The predicted octanol–water partition coefficient (Wildman–Crippen LogP) is 9.60. The number of hydrogen-bond acceptors (Lipinski definition) is 2. The molecule has 0 aromatic heterocycles. The van der Waals surface area contributed by atoms with Crippen molar-refractivity contribution in [2.45, 2.75) is 71.6 Å². The van der Waals surface area contributed by atoms with E-state index < -0.39 is 112 Å². The first-order valence-electron chi connectivity index (χ1n) is 10.3. The molecule has 28 heteroatoms. The number of carbonyl (C=O) groups excluding carboxylic acids is 1. The molecule has 0 spiro atoms. The Hall–Kier alpha value is -3.13. The molecule has 0 atom stereocenters. The van der Waals surface area contributed by atoms with E-state index in [0.29, 0.717) is 0 Å². The van der Waals surface area contributed by atoms with Gasteiger partial charge < -0.3 is 5.11 Å². The summed E-state index contributed by atoms with van der Waals surface area (Å²) in [6.45, 7) is 0. The Morgan fingerprint density at radius 2 is 0.596 bits per heavy atom. The molecular weight excluding hydrogens is 754 g/mol.